The third-order valence-corrected chi connectivity index (χ3v) is 3.24. The molecule has 0 aliphatic heterocycles. The summed E-state index contributed by atoms with van der Waals surface area (Å²) in [4.78, 5) is 11.3. The van der Waals surface area contributed by atoms with E-state index >= 15 is 0 Å². The van der Waals surface area contributed by atoms with Crippen molar-refractivity contribution in [3.63, 3.8) is 0 Å². The van der Waals surface area contributed by atoms with Gasteiger partial charge in [0.25, 0.3) is 0 Å². The number of hydrogen-bond acceptors (Lipinski definition) is 3. The molecule has 0 saturated heterocycles. The summed E-state index contributed by atoms with van der Waals surface area (Å²) in [5.74, 6) is 0.128. The minimum atomic E-state index is -0.148. The molecule has 0 aliphatic rings. The smallest absolute Gasteiger partial charge is 0.220 e. The Morgan fingerprint density at radius 1 is 1.05 bits per heavy atom. The molecule has 0 saturated carbocycles. The van der Waals surface area contributed by atoms with Crippen LogP contribution in [-0.2, 0) is 4.79 Å². The minimum Gasteiger partial charge on any atom is -0.393 e. The zero-order chi connectivity index (χ0) is 14.3. The van der Waals surface area contributed by atoms with Crippen LogP contribution in [0.15, 0.2) is 0 Å². The molecule has 0 fully saturated rings. The Kier molecular flexibility index (Phi) is 13.4. The Bertz CT molecular complexity index is 208. The third-order valence-electron chi connectivity index (χ3n) is 3.24. The molecule has 19 heavy (non-hydrogen) atoms. The SMILES string of the molecule is CC(O)CCCCCCCCCCC(=O)NCCN. The van der Waals surface area contributed by atoms with Crippen LogP contribution in [0.3, 0.4) is 0 Å². The zero-order valence-electron chi connectivity index (χ0n) is 12.5. The number of hydrogen-bond donors (Lipinski definition) is 3. The highest BCUT2D eigenvalue weighted by Gasteiger charge is 1.99. The van der Waals surface area contributed by atoms with Crippen molar-refractivity contribution in [1.29, 1.82) is 0 Å². The van der Waals surface area contributed by atoms with Gasteiger partial charge in [0.2, 0.25) is 5.91 Å². The topological polar surface area (TPSA) is 75.3 Å². The van der Waals surface area contributed by atoms with E-state index in [2.05, 4.69) is 5.32 Å². The fourth-order valence-electron chi connectivity index (χ4n) is 2.09. The number of aliphatic hydroxyl groups is 1. The lowest BCUT2D eigenvalue weighted by atomic mass is 10.1. The largest absolute Gasteiger partial charge is 0.393 e. The van der Waals surface area contributed by atoms with E-state index in [1.165, 1.54) is 32.1 Å². The van der Waals surface area contributed by atoms with Crippen LogP contribution in [0.4, 0.5) is 0 Å². The summed E-state index contributed by atoms with van der Waals surface area (Å²) in [6, 6.07) is 0. The molecule has 4 heteroatoms. The molecule has 4 nitrogen and oxygen atoms in total. The molecular weight excluding hydrogens is 240 g/mol. The molecule has 0 aromatic carbocycles. The number of rotatable bonds is 13. The molecule has 0 aromatic heterocycles. The van der Waals surface area contributed by atoms with E-state index in [9.17, 15) is 4.79 Å². The first kappa shape index (κ1) is 18.4. The first-order valence-corrected chi connectivity index (χ1v) is 7.81. The second-order valence-corrected chi connectivity index (χ2v) is 5.35. The van der Waals surface area contributed by atoms with Crippen LogP contribution in [0.5, 0.6) is 0 Å². The zero-order valence-corrected chi connectivity index (χ0v) is 12.5. The fraction of sp³-hybridized carbons (Fsp3) is 0.933. The molecule has 1 atom stereocenters. The number of nitrogens with two attached hydrogens (primary N) is 1. The number of amides is 1. The summed E-state index contributed by atoms with van der Waals surface area (Å²) in [5.41, 5.74) is 5.31. The Morgan fingerprint density at radius 2 is 1.58 bits per heavy atom. The lowest BCUT2D eigenvalue weighted by Crippen LogP contribution is -2.28. The van der Waals surface area contributed by atoms with Crippen molar-refractivity contribution in [2.45, 2.75) is 77.2 Å². The van der Waals surface area contributed by atoms with Gasteiger partial charge in [0.15, 0.2) is 0 Å². The third kappa shape index (κ3) is 15.3. The first-order chi connectivity index (χ1) is 9.16. The molecule has 0 heterocycles. The highest BCUT2D eigenvalue weighted by Crippen LogP contribution is 2.11. The van der Waals surface area contributed by atoms with Crippen LogP contribution < -0.4 is 11.1 Å². The summed E-state index contributed by atoms with van der Waals surface area (Å²) in [6.07, 6.45) is 10.9. The van der Waals surface area contributed by atoms with Crippen molar-refractivity contribution in [3.05, 3.63) is 0 Å². The van der Waals surface area contributed by atoms with Gasteiger partial charge in [-0.15, -0.1) is 0 Å². The Labute approximate surface area is 118 Å². The lowest BCUT2D eigenvalue weighted by molar-refractivity contribution is -0.121. The maximum atomic E-state index is 11.3. The predicted octanol–water partition coefficient (Wildman–Crippen LogP) is 2.34. The molecule has 1 unspecified atom stereocenters. The van der Waals surface area contributed by atoms with E-state index in [4.69, 9.17) is 10.8 Å². The number of carbonyl (C=O) groups is 1. The van der Waals surface area contributed by atoms with E-state index in [0.717, 1.165) is 25.7 Å². The predicted molar refractivity (Wildman–Crippen MR) is 79.9 cm³/mol. The van der Waals surface area contributed by atoms with E-state index in [1.807, 2.05) is 6.92 Å². The van der Waals surface area contributed by atoms with Gasteiger partial charge in [0.1, 0.15) is 0 Å². The molecule has 0 rings (SSSR count). The number of aliphatic hydroxyl groups excluding tert-OH is 1. The van der Waals surface area contributed by atoms with Gasteiger partial charge >= 0.3 is 0 Å². The van der Waals surface area contributed by atoms with E-state index in [1.54, 1.807) is 0 Å². The average molecular weight is 272 g/mol. The van der Waals surface area contributed by atoms with Crippen LogP contribution in [0, 0.1) is 0 Å². The van der Waals surface area contributed by atoms with Crippen molar-refractivity contribution < 1.29 is 9.90 Å². The van der Waals surface area contributed by atoms with Crippen molar-refractivity contribution >= 4 is 5.91 Å². The fourth-order valence-corrected chi connectivity index (χ4v) is 2.09. The number of nitrogens with one attached hydrogen (secondary N) is 1. The van der Waals surface area contributed by atoms with Gasteiger partial charge in [-0.3, -0.25) is 4.79 Å². The van der Waals surface area contributed by atoms with Gasteiger partial charge in [-0.05, 0) is 19.8 Å². The number of unbranched alkanes of at least 4 members (excludes halogenated alkanes) is 7. The van der Waals surface area contributed by atoms with Crippen LogP contribution in [0.2, 0.25) is 0 Å². The van der Waals surface area contributed by atoms with Gasteiger partial charge < -0.3 is 16.2 Å². The Hall–Kier alpha value is -0.610. The maximum Gasteiger partial charge on any atom is 0.220 e. The molecule has 0 bridgehead atoms. The summed E-state index contributed by atoms with van der Waals surface area (Å²) in [6.45, 7) is 2.95. The van der Waals surface area contributed by atoms with Gasteiger partial charge in [-0.1, -0.05) is 44.9 Å². The van der Waals surface area contributed by atoms with Crippen molar-refractivity contribution in [1.82, 2.24) is 5.32 Å². The van der Waals surface area contributed by atoms with Crippen LogP contribution in [0.1, 0.15) is 71.1 Å². The maximum absolute atomic E-state index is 11.3. The van der Waals surface area contributed by atoms with Gasteiger partial charge in [-0.2, -0.15) is 0 Å². The van der Waals surface area contributed by atoms with E-state index < -0.39 is 0 Å². The van der Waals surface area contributed by atoms with Gasteiger partial charge in [-0.25, -0.2) is 0 Å². The number of carbonyl (C=O) groups excluding carboxylic acids is 1. The molecule has 0 spiro atoms. The molecule has 0 aliphatic carbocycles. The summed E-state index contributed by atoms with van der Waals surface area (Å²) >= 11 is 0. The second kappa shape index (κ2) is 13.8. The van der Waals surface area contributed by atoms with Crippen molar-refractivity contribution in [2.75, 3.05) is 13.1 Å². The quantitative estimate of drug-likeness (QED) is 0.450. The average Bonchev–Trinajstić information content (AvgIpc) is 2.38. The Balaban J connectivity index is 3.08. The molecule has 0 radical (unpaired) electrons. The van der Waals surface area contributed by atoms with E-state index in [-0.39, 0.29) is 12.0 Å². The van der Waals surface area contributed by atoms with Gasteiger partial charge in [0, 0.05) is 19.5 Å². The minimum absolute atomic E-state index is 0.128. The molecule has 114 valence electrons. The van der Waals surface area contributed by atoms with Crippen LogP contribution in [-0.4, -0.2) is 30.2 Å². The lowest BCUT2D eigenvalue weighted by Gasteiger charge is -2.05. The monoisotopic (exact) mass is 272 g/mol. The summed E-state index contributed by atoms with van der Waals surface area (Å²) < 4.78 is 0. The Morgan fingerprint density at radius 3 is 2.11 bits per heavy atom. The van der Waals surface area contributed by atoms with Crippen LogP contribution >= 0.6 is 0 Å². The summed E-state index contributed by atoms with van der Waals surface area (Å²) in [5, 5.41) is 11.9. The molecule has 1 amide bonds. The highest BCUT2D eigenvalue weighted by molar-refractivity contribution is 5.75. The standard InChI is InChI=1S/C15H32N2O2/c1-14(18)10-8-6-4-2-3-5-7-9-11-15(19)17-13-12-16/h14,18H,2-13,16H2,1H3,(H,17,19). The second-order valence-electron chi connectivity index (χ2n) is 5.35. The highest BCUT2D eigenvalue weighted by atomic mass is 16.3. The van der Waals surface area contributed by atoms with E-state index in [0.29, 0.717) is 19.5 Å². The molecule has 0 aromatic rings. The first-order valence-electron chi connectivity index (χ1n) is 7.81. The van der Waals surface area contributed by atoms with Crippen LogP contribution in [0.25, 0.3) is 0 Å². The molecule has 4 N–H and O–H groups in total. The van der Waals surface area contributed by atoms with Crippen molar-refractivity contribution in [3.8, 4) is 0 Å². The van der Waals surface area contributed by atoms with Crippen molar-refractivity contribution in [2.24, 2.45) is 5.73 Å². The molecular formula is C15H32N2O2. The normalized spacial score (nSPS) is 12.4. The summed E-state index contributed by atoms with van der Waals surface area (Å²) in [7, 11) is 0. The van der Waals surface area contributed by atoms with Gasteiger partial charge in [0.05, 0.1) is 6.10 Å².